The molecule has 0 saturated heterocycles. The van der Waals surface area contributed by atoms with Gasteiger partial charge in [0.05, 0.1) is 23.1 Å². The van der Waals surface area contributed by atoms with Gasteiger partial charge in [-0.25, -0.2) is 9.97 Å². The number of H-pyrrole nitrogens is 1. The molecular formula is C21H18N5+. The van der Waals surface area contributed by atoms with E-state index in [2.05, 4.69) is 39.4 Å². The Kier molecular flexibility index (Phi) is 3.19. The fraction of sp³-hybridized carbons (Fsp3) is 0.190. The van der Waals surface area contributed by atoms with Gasteiger partial charge in [-0.3, -0.25) is 4.40 Å². The Labute approximate surface area is 151 Å². The molecule has 0 amide bonds. The average molecular weight is 340 g/mol. The van der Waals surface area contributed by atoms with E-state index in [1.165, 1.54) is 16.9 Å². The summed E-state index contributed by atoms with van der Waals surface area (Å²) in [6.45, 7) is 3.83. The molecule has 1 N–H and O–H groups in total. The predicted octanol–water partition coefficient (Wildman–Crippen LogP) is 3.04. The maximum absolute atomic E-state index is 9.75. The lowest BCUT2D eigenvalue weighted by Gasteiger charge is -2.21. The molecule has 5 nitrogen and oxygen atoms in total. The van der Waals surface area contributed by atoms with Crippen molar-refractivity contribution in [3.63, 3.8) is 0 Å². The van der Waals surface area contributed by atoms with E-state index in [1.807, 2.05) is 36.7 Å². The van der Waals surface area contributed by atoms with Crippen LogP contribution in [-0.4, -0.2) is 15.9 Å². The third-order valence-electron chi connectivity index (χ3n) is 5.28. The highest BCUT2D eigenvalue weighted by Gasteiger charge is 2.28. The molecule has 0 fully saturated rings. The second-order valence-electron chi connectivity index (χ2n) is 6.76. The maximum Gasteiger partial charge on any atom is 0.171 e. The number of para-hydroxylation sites is 2. The van der Waals surface area contributed by atoms with Crippen molar-refractivity contribution in [2.45, 2.75) is 19.9 Å². The summed E-state index contributed by atoms with van der Waals surface area (Å²) >= 11 is 0. The number of hydrogen-bond donors (Lipinski definition) is 0. The fourth-order valence-electron chi connectivity index (χ4n) is 4.05. The molecule has 0 aliphatic carbocycles. The second kappa shape index (κ2) is 5.57. The summed E-state index contributed by atoms with van der Waals surface area (Å²) in [7, 11) is 0. The van der Waals surface area contributed by atoms with E-state index in [4.69, 9.17) is 4.98 Å². The van der Waals surface area contributed by atoms with Crippen molar-refractivity contribution < 1.29 is 4.98 Å². The lowest BCUT2D eigenvalue weighted by Crippen LogP contribution is -2.22. The van der Waals surface area contributed by atoms with Gasteiger partial charge in [-0.15, -0.1) is 0 Å². The van der Waals surface area contributed by atoms with E-state index in [-0.39, 0.29) is 0 Å². The van der Waals surface area contributed by atoms with Crippen LogP contribution in [0, 0.1) is 18.3 Å². The zero-order chi connectivity index (χ0) is 17.7. The Morgan fingerprint density at radius 3 is 2.92 bits per heavy atom. The summed E-state index contributed by atoms with van der Waals surface area (Å²) in [6.07, 6.45) is 4.92. The number of nitrogens with zero attached hydrogens (tertiary/aromatic N) is 4. The normalized spacial score (nSPS) is 13.3. The van der Waals surface area contributed by atoms with Gasteiger partial charge in [-0.2, -0.15) is 5.26 Å². The van der Waals surface area contributed by atoms with Crippen LogP contribution in [-0.2, 0) is 13.0 Å². The quantitative estimate of drug-likeness (QED) is 0.563. The van der Waals surface area contributed by atoms with E-state index in [9.17, 15) is 5.26 Å². The van der Waals surface area contributed by atoms with Crippen LogP contribution in [0.1, 0.15) is 22.3 Å². The first kappa shape index (κ1) is 14.9. The minimum Gasteiger partial charge on any atom is -0.353 e. The molecule has 26 heavy (non-hydrogen) atoms. The van der Waals surface area contributed by atoms with Crippen molar-refractivity contribution in [1.29, 1.82) is 5.26 Å². The Bertz CT molecular complexity index is 1180. The molecule has 0 radical (unpaired) electrons. The molecule has 3 aromatic heterocycles. The second-order valence-corrected chi connectivity index (χ2v) is 6.76. The van der Waals surface area contributed by atoms with Crippen LogP contribution in [0.3, 0.4) is 0 Å². The molecule has 5 rings (SSSR count). The molecule has 1 aliphatic rings. The van der Waals surface area contributed by atoms with E-state index in [1.54, 1.807) is 0 Å². The molecule has 0 unspecified atom stereocenters. The van der Waals surface area contributed by atoms with Crippen LogP contribution in [0.5, 0.6) is 0 Å². The van der Waals surface area contributed by atoms with Crippen LogP contribution in [0.15, 0.2) is 48.8 Å². The number of imidazole rings is 1. The number of benzene rings is 1. The zero-order valence-corrected chi connectivity index (χ0v) is 14.5. The predicted molar refractivity (Wildman–Crippen MR) is 99.9 cm³/mol. The number of rotatable bonds is 2. The first-order valence-corrected chi connectivity index (χ1v) is 8.80. The molecule has 0 bridgehead atoms. The standard InChI is InChI=1S/C21H17N5/c1-14-16-8-10-25(13-15-5-4-9-23-12-15)21(16)26-19-7-3-2-6-18(19)24-20(26)17(14)11-22/h2-7,9,12H,8,10,13H2,1H3/p+1. The Hall–Kier alpha value is -3.39. The summed E-state index contributed by atoms with van der Waals surface area (Å²) in [5.41, 5.74) is 6.99. The van der Waals surface area contributed by atoms with Gasteiger partial charge >= 0.3 is 0 Å². The topological polar surface area (TPSA) is 58.5 Å². The third kappa shape index (κ3) is 2.02. The highest BCUT2D eigenvalue weighted by Crippen LogP contribution is 2.37. The Morgan fingerprint density at radius 1 is 1.23 bits per heavy atom. The zero-order valence-electron chi connectivity index (χ0n) is 14.5. The van der Waals surface area contributed by atoms with Crippen LogP contribution in [0.4, 0.5) is 5.82 Å². The molecule has 5 heteroatoms. The molecule has 126 valence electrons. The molecule has 0 saturated carbocycles. The van der Waals surface area contributed by atoms with Crippen LogP contribution >= 0.6 is 0 Å². The van der Waals surface area contributed by atoms with Gasteiger partial charge in [-0.1, -0.05) is 12.1 Å². The first-order chi connectivity index (χ1) is 12.8. The SMILES string of the molecule is Cc1c2c(n3c(nc4ccccc43)c1C#N)N(Cc1ccc[nH+]c1)CC2. The largest absolute Gasteiger partial charge is 0.353 e. The number of nitriles is 1. The van der Waals surface area contributed by atoms with Crippen molar-refractivity contribution in [2.75, 3.05) is 11.4 Å². The van der Waals surface area contributed by atoms with E-state index < -0.39 is 0 Å². The molecule has 1 aliphatic heterocycles. The molecule has 1 aromatic carbocycles. The number of anilines is 1. The molecule has 0 atom stereocenters. The smallest absolute Gasteiger partial charge is 0.171 e. The number of aromatic amines is 1. The van der Waals surface area contributed by atoms with Gasteiger partial charge in [0.25, 0.3) is 0 Å². The maximum atomic E-state index is 9.75. The van der Waals surface area contributed by atoms with Gasteiger partial charge in [0.2, 0.25) is 0 Å². The average Bonchev–Trinajstić information content (AvgIpc) is 3.24. The van der Waals surface area contributed by atoms with Gasteiger partial charge in [0.1, 0.15) is 11.9 Å². The van der Waals surface area contributed by atoms with Crippen LogP contribution in [0.25, 0.3) is 16.7 Å². The van der Waals surface area contributed by atoms with Crippen LogP contribution in [0.2, 0.25) is 0 Å². The van der Waals surface area contributed by atoms with Crippen molar-refractivity contribution in [3.05, 3.63) is 71.0 Å². The first-order valence-electron chi connectivity index (χ1n) is 8.80. The lowest BCUT2D eigenvalue weighted by atomic mass is 10.0. The lowest BCUT2D eigenvalue weighted by molar-refractivity contribution is -0.378. The highest BCUT2D eigenvalue weighted by molar-refractivity contribution is 5.86. The van der Waals surface area contributed by atoms with Crippen molar-refractivity contribution >= 4 is 22.5 Å². The Morgan fingerprint density at radius 2 is 2.12 bits per heavy atom. The number of pyridine rings is 2. The number of fused-ring (bicyclic) bond motifs is 5. The summed E-state index contributed by atoms with van der Waals surface area (Å²) in [4.78, 5) is 10.3. The number of aromatic nitrogens is 3. The molecular weight excluding hydrogens is 322 g/mol. The Balaban J connectivity index is 1.81. The third-order valence-corrected chi connectivity index (χ3v) is 5.28. The highest BCUT2D eigenvalue weighted by atomic mass is 15.3. The van der Waals surface area contributed by atoms with Crippen LogP contribution < -0.4 is 9.88 Å². The molecule has 4 heterocycles. The number of nitrogens with one attached hydrogen (secondary N) is 1. The van der Waals surface area contributed by atoms with Crippen molar-refractivity contribution in [3.8, 4) is 6.07 Å². The van der Waals surface area contributed by atoms with Gasteiger partial charge in [0, 0.05) is 18.2 Å². The fourth-order valence-corrected chi connectivity index (χ4v) is 4.05. The minimum atomic E-state index is 0.690. The summed E-state index contributed by atoms with van der Waals surface area (Å²) in [5.74, 6) is 1.18. The number of hydrogen-bond acceptors (Lipinski definition) is 3. The van der Waals surface area contributed by atoms with Crippen molar-refractivity contribution in [1.82, 2.24) is 9.38 Å². The van der Waals surface area contributed by atoms with Gasteiger partial charge in [0.15, 0.2) is 18.0 Å². The van der Waals surface area contributed by atoms with E-state index in [0.717, 1.165) is 41.8 Å². The summed E-state index contributed by atoms with van der Waals surface area (Å²) in [5, 5.41) is 9.75. The molecule has 0 spiro atoms. The monoisotopic (exact) mass is 340 g/mol. The summed E-state index contributed by atoms with van der Waals surface area (Å²) < 4.78 is 2.18. The van der Waals surface area contributed by atoms with E-state index in [0.29, 0.717) is 5.56 Å². The minimum absolute atomic E-state index is 0.690. The summed E-state index contributed by atoms with van der Waals surface area (Å²) in [6, 6.07) is 14.7. The molecule has 4 aromatic rings. The van der Waals surface area contributed by atoms with Crippen molar-refractivity contribution in [2.24, 2.45) is 0 Å². The van der Waals surface area contributed by atoms with Gasteiger partial charge in [-0.05, 0) is 42.7 Å². The van der Waals surface area contributed by atoms with E-state index >= 15 is 0 Å². The van der Waals surface area contributed by atoms with Gasteiger partial charge < -0.3 is 4.90 Å².